The minimum atomic E-state index is 0.405. The van der Waals surface area contributed by atoms with Crippen molar-refractivity contribution in [2.75, 3.05) is 0 Å². The molecule has 1 nitrogen and oxygen atoms in total. The molecule has 0 radical (unpaired) electrons. The Morgan fingerprint density at radius 1 is 1.11 bits per heavy atom. The van der Waals surface area contributed by atoms with Gasteiger partial charge in [-0.2, -0.15) is 0 Å². The first kappa shape index (κ1) is 15.3. The van der Waals surface area contributed by atoms with Crippen LogP contribution in [-0.2, 0) is 0 Å². The van der Waals surface area contributed by atoms with Crippen molar-refractivity contribution in [1.29, 1.82) is 0 Å². The van der Waals surface area contributed by atoms with Gasteiger partial charge < -0.3 is 4.74 Å². The van der Waals surface area contributed by atoms with Crippen molar-refractivity contribution in [3.8, 4) is 5.75 Å². The molecule has 0 aromatic heterocycles. The molecule has 19 heavy (non-hydrogen) atoms. The van der Waals surface area contributed by atoms with Crippen LogP contribution >= 0.6 is 0 Å². The zero-order valence-corrected chi connectivity index (χ0v) is 12.4. The fourth-order valence-electron chi connectivity index (χ4n) is 1.54. The lowest BCUT2D eigenvalue weighted by Gasteiger charge is -2.11. The van der Waals surface area contributed by atoms with E-state index in [0.717, 1.165) is 17.1 Å². The van der Waals surface area contributed by atoms with Crippen LogP contribution in [0.1, 0.15) is 39.2 Å². The molecule has 0 heterocycles. The Bertz CT molecular complexity index is 461. The molecule has 0 N–H and O–H groups in total. The zero-order chi connectivity index (χ0) is 14.4. The van der Waals surface area contributed by atoms with Crippen molar-refractivity contribution in [3.63, 3.8) is 0 Å². The summed E-state index contributed by atoms with van der Waals surface area (Å²) in [4.78, 5) is 0. The van der Waals surface area contributed by atoms with E-state index in [4.69, 9.17) is 4.74 Å². The maximum atomic E-state index is 5.80. The summed E-state index contributed by atoms with van der Waals surface area (Å²) in [6.45, 7) is 16.4. The molecule has 1 aromatic carbocycles. The van der Waals surface area contributed by atoms with E-state index in [-0.39, 0.29) is 0 Å². The molecular formula is C18H24O. The van der Waals surface area contributed by atoms with E-state index in [2.05, 4.69) is 53.0 Å². The van der Waals surface area contributed by atoms with Crippen molar-refractivity contribution in [2.45, 2.75) is 33.6 Å². The Labute approximate surface area is 117 Å². The van der Waals surface area contributed by atoms with E-state index in [9.17, 15) is 0 Å². The molecule has 0 atom stereocenters. The van der Waals surface area contributed by atoms with Crippen LogP contribution in [0.15, 0.2) is 60.9 Å². The molecular weight excluding hydrogens is 232 g/mol. The van der Waals surface area contributed by atoms with Gasteiger partial charge in [-0.15, -0.1) is 0 Å². The molecule has 1 rings (SSSR count). The third-order valence-electron chi connectivity index (χ3n) is 3.05. The molecule has 1 heteroatoms. The summed E-state index contributed by atoms with van der Waals surface area (Å²) in [5, 5.41) is 0. The number of ether oxygens (including phenoxy) is 1. The second-order valence-electron chi connectivity index (χ2n) is 5.31. The van der Waals surface area contributed by atoms with Crippen LogP contribution in [0, 0.1) is 5.92 Å². The SMILES string of the molecule is C=C/C(=C\C(=C)C(C)C)Oc1ccc(C(C)C)cc1. The maximum absolute atomic E-state index is 5.80. The number of rotatable bonds is 6. The van der Waals surface area contributed by atoms with Crippen molar-refractivity contribution in [1.82, 2.24) is 0 Å². The highest BCUT2D eigenvalue weighted by Crippen LogP contribution is 2.21. The summed E-state index contributed by atoms with van der Waals surface area (Å²) < 4.78 is 5.80. The fourth-order valence-corrected chi connectivity index (χ4v) is 1.54. The average Bonchev–Trinajstić information content (AvgIpc) is 2.38. The van der Waals surface area contributed by atoms with E-state index in [1.54, 1.807) is 6.08 Å². The third-order valence-corrected chi connectivity index (χ3v) is 3.05. The molecule has 102 valence electrons. The van der Waals surface area contributed by atoms with E-state index >= 15 is 0 Å². The highest BCUT2D eigenvalue weighted by molar-refractivity contribution is 5.33. The Kier molecular flexibility index (Phi) is 5.62. The van der Waals surface area contributed by atoms with Crippen LogP contribution in [0.5, 0.6) is 5.75 Å². The van der Waals surface area contributed by atoms with Gasteiger partial charge in [-0.05, 0) is 47.3 Å². The van der Waals surface area contributed by atoms with Crippen molar-refractivity contribution < 1.29 is 4.74 Å². The molecule has 0 fully saturated rings. The summed E-state index contributed by atoms with van der Waals surface area (Å²) in [5.74, 6) is 2.49. The molecule has 0 aliphatic carbocycles. The molecule has 0 spiro atoms. The number of benzene rings is 1. The molecule has 0 saturated carbocycles. The monoisotopic (exact) mass is 256 g/mol. The van der Waals surface area contributed by atoms with Gasteiger partial charge in [0.1, 0.15) is 11.5 Å². The Morgan fingerprint density at radius 2 is 1.68 bits per heavy atom. The van der Waals surface area contributed by atoms with Crippen LogP contribution in [0.3, 0.4) is 0 Å². The lowest BCUT2D eigenvalue weighted by molar-refractivity contribution is 0.443. The van der Waals surface area contributed by atoms with E-state index < -0.39 is 0 Å². The highest BCUT2D eigenvalue weighted by Gasteiger charge is 2.03. The van der Waals surface area contributed by atoms with Gasteiger partial charge in [0.2, 0.25) is 0 Å². The quantitative estimate of drug-likeness (QED) is 0.484. The van der Waals surface area contributed by atoms with Crippen molar-refractivity contribution in [3.05, 3.63) is 66.5 Å². The zero-order valence-electron chi connectivity index (χ0n) is 12.4. The average molecular weight is 256 g/mol. The van der Waals surface area contributed by atoms with Gasteiger partial charge in [0.25, 0.3) is 0 Å². The second kappa shape index (κ2) is 6.98. The van der Waals surface area contributed by atoms with E-state index in [1.807, 2.05) is 18.2 Å². The van der Waals surface area contributed by atoms with Gasteiger partial charge in [-0.1, -0.05) is 53.0 Å². The first-order valence-electron chi connectivity index (χ1n) is 6.74. The second-order valence-corrected chi connectivity index (χ2v) is 5.31. The number of allylic oxidation sites excluding steroid dienone is 3. The maximum Gasteiger partial charge on any atom is 0.127 e. The largest absolute Gasteiger partial charge is 0.457 e. The molecule has 1 aromatic rings. The molecule has 0 amide bonds. The van der Waals surface area contributed by atoms with E-state index in [1.165, 1.54) is 5.56 Å². The molecule has 0 saturated heterocycles. The summed E-state index contributed by atoms with van der Waals surface area (Å²) in [5.41, 5.74) is 2.34. The lowest BCUT2D eigenvalue weighted by Crippen LogP contribution is -1.96. The molecule has 0 aliphatic rings. The molecule has 0 bridgehead atoms. The lowest BCUT2D eigenvalue weighted by atomic mass is 10.0. The van der Waals surface area contributed by atoms with Gasteiger partial charge in [0.15, 0.2) is 0 Å². The summed E-state index contributed by atoms with van der Waals surface area (Å²) in [7, 11) is 0. The van der Waals surface area contributed by atoms with Crippen molar-refractivity contribution in [2.24, 2.45) is 5.92 Å². The van der Waals surface area contributed by atoms with Crippen LogP contribution in [0.4, 0.5) is 0 Å². The molecule has 0 aliphatic heterocycles. The van der Waals surface area contributed by atoms with Gasteiger partial charge in [-0.25, -0.2) is 0 Å². The number of hydrogen-bond acceptors (Lipinski definition) is 1. The fraction of sp³-hybridized carbons (Fsp3) is 0.333. The normalized spacial score (nSPS) is 11.8. The van der Waals surface area contributed by atoms with Crippen LogP contribution in [-0.4, -0.2) is 0 Å². The van der Waals surface area contributed by atoms with Crippen LogP contribution in [0.2, 0.25) is 0 Å². The van der Waals surface area contributed by atoms with E-state index in [0.29, 0.717) is 11.8 Å². The minimum Gasteiger partial charge on any atom is -0.457 e. The standard InChI is InChI=1S/C18H24O/c1-7-17(12-15(6)13(2)3)19-18-10-8-16(9-11-18)14(4)5/h7-14H,1,6H2,2-5H3/b17-12+. The predicted molar refractivity (Wildman–Crippen MR) is 83.4 cm³/mol. The van der Waals surface area contributed by atoms with Gasteiger partial charge in [-0.3, -0.25) is 0 Å². The first-order chi connectivity index (χ1) is 8.93. The van der Waals surface area contributed by atoms with Gasteiger partial charge in [0.05, 0.1) is 0 Å². The first-order valence-corrected chi connectivity index (χ1v) is 6.74. The highest BCUT2D eigenvalue weighted by atomic mass is 16.5. The topological polar surface area (TPSA) is 9.23 Å². The van der Waals surface area contributed by atoms with Gasteiger partial charge in [0, 0.05) is 0 Å². The predicted octanol–water partition coefficient (Wildman–Crippen LogP) is 5.47. The van der Waals surface area contributed by atoms with Gasteiger partial charge >= 0.3 is 0 Å². The van der Waals surface area contributed by atoms with Crippen LogP contribution < -0.4 is 4.74 Å². The van der Waals surface area contributed by atoms with Crippen molar-refractivity contribution >= 4 is 0 Å². The Morgan fingerprint density at radius 3 is 2.11 bits per heavy atom. The smallest absolute Gasteiger partial charge is 0.127 e. The Hall–Kier alpha value is -1.76. The summed E-state index contributed by atoms with van der Waals surface area (Å²) in [6.07, 6.45) is 3.65. The Balaban J connectivity index is 2.81. The third kappa shape index (κ3) is 4.78. The minimum absolute atomic E-state index is 0.405. The summed E-state index contributed by atoms with van der Waals surface area (Å²) in [6, 6.07) is 8.17. The number of hydrogen-bond donors (Lipinski definition) is 0. The summed E-state index contributed by atoms with van der Waals surface area (Å²) >= 11 is 0. The van der Waals surface area contributed by atoms with Crippen LogP contribution in [0.25, 0.3) is 0 Å². The molecule has 0 unspecified atom stereocenters.